The van der Waals surface area contributed by atoms with Crippen molar-refractivity contribution in [3.63, 3.8) is 0 Å². The Labute approximate surface area is 149 Å². The van der Waals surface area contributed by atoms with E-state index in [-0.39, 0.29) is 0 Å². The fourth-order valence-corrected chi connectivity index (χ4v) is 4.87. The van der Waals surface area contributed by atoms with Crippen molar-refractivity contribution in [2.24, 2.45) is 5.92 Å². The van der Waals surface area contributed by atoms with Crippen molar-refractivity contribution in [2.45, 2.75) is 32.2 Å². The van der Waals surface area contributed by atoms with E-state index >= 15 is 0 Å². The van der Waals surface area contributed by atoms with Gasteiger partial charge in [-0.2, -0.15) is 0 Å². The van der Waals surface area contributed by atoms with Crippen LogP contribution in [0.3, 0.4) is 0 Å². The molecule has 0 saturated heterocycles. The number of fused-ring (bicyclic) bond motifs is 4. The Hall–Kier alpha value is -2.54. The molecule has 3 aromatic carbocycles. The molecule has 124 valence electrons. The predicted octanol–water partition coefficient (Wildman–Crippen LogP) is 6.28. The fourth-order valence-electron chi connectivity index (χ4n) is 4.87. The third-order valence-corrected chi connectivity index (χ3v) is 5.95. The molecule has 0 spiro atoms. The van der Waals surface area contributed by atoms with Gasteiger partial charge >= 0.3 is 0 Å². The van der Waals surface area contributed by atoms with Crippen LogP contribution in [0.25, 0.3) is 10.8 Å². The van der Waals surface area contributed by atoms with E-state index in [1.165, 1.54) is 38.7 Å². The SMILES string of the molecule is Cc1cc(C)c2c(c1)NC(c1ccc3ccccc3c1)C1CC=CC21. The molecule has 3 unspecified atom stereocenters. The van der Waals surface area contributed by atoms with E-state index < -0.39 is 0 Å². The maximum atomic E-state index is 3.89. The molecule has 2 aliphatic rings. The van der Waals surface area contributed by atoms with Crippen LogP contribution >= 0.6 is 0 Å². The van der Waals surface area contributed by atoms with Crippen LogP contribution < -0.4 is 5.32 Å². The topological polar surface area (TPSA) is 12.0 Å². The Morgan fingerprint density at radius 2 is 1.76 bits per heavy atom. The highest BCUT2D eigenvalue weighted by Crippen LogP contribution is 2.51. The van der Waals surface area contributed by atoms with E-state index in [1.807, 2.05) is 0 Å². The van der Waals surface area contributed by atoms with Gasteiger partial charge in [-0.1, -0.05) is 54.6 Å². The lowest BCUT2D eigenvalue weighted by Gasteiger charge is -2.38. The van der Waals surface area contributed by atoms with E-state index in [2.05, 4.69) is 85.9 Å². The van der Waals surface area contributed by atoms with Crippen LogP contribution in [0.15, 0.2) is 66.7 Å². The lowest BCUT2D eigenvalue weighted by molar-refractivity contribution is 0.424. The molecule has 0 radical (unpaired) electrons. The molecule has 3 aromatic rings. The maximum Gasteiger partial charge on any atom is 0.0554 e. The van der Waals surface area contributed by atoms with E-state index in [1.54, 1.807) is 0 Å². The summed E-state index contributed by atoms with van der Waals surface area (Å²) >= 11 is 0. The Morgan fingerprint density at radius 1 is 0.920 bits per heavy atom. The van der Waals surface area contributed by atoms with Crippen LogP contribution in [0.2, 0.25) is 0 Å². The van der Waals surface area contributed by atoms with Gasteiger partial charge in [-0.05, 0) is 71.3 Å². The largest absolute Gasteiger partial charge is 0.378 e. The van der Waals surface area contributed by atoms with Crippen LogP contribution in [0.1, 0.15) is 40.6 Å². The van der Waals surface area contributed by atoms with Gasteiger partial charge in [0.15, 0.2) is 0 Å². The van der Waals surface area contributed by atoms with E-state index in [9.17, 15) is 0 Å². The minimum Gasteiger partial charge on any atom is -0.378 e. The molecule has 0 fully saturated rings. The van der Waals surface area contributed by atoms with Crippen molar-refractivity contribution < 1.29 is 0 Å². The molecule has 5 rings (SSSR count). The number of benzene rings is 3. The standard InChI is InChI=1S/C24H23N/c1-15-12-16(2)23-20-8-5-9-21(20)24(25-22(23)13-15)19-11-10-17-6-3-4-7-18(17)14-19/h3-8,10-14,20-21,24-25H,9H2,1-2H3. The van der Waals surface area contributed by atoms with E-state index in [0.717, 1.165) is 6.42 Å². The summed E-state index contributed by atoms with van der Waals surface area (Å²) in [5.74, 6) is 1.14. The first-order valence-electron chi connectivity index (χ1n) is 9.24. The summed E-state index contributed by atoms with van der Waals surface area (Å²) in [7, 11) is 0. The molecule has 1 nitrogen and oxygen atoms in total. The van der Waals surface area contributed by atoms with Crippen molar-refractivity contribution in [3.05, 3.63) is 89.0 Å². The fraction of sp³-hybridized carbons (Fsp3) is 0.250. The highest BCUT2D eigenvalue weighted by atomic mass is 15.0. The average Bonchev–Trinajstić information content (AvgIpc) is 3.09. The molecule has 3 atom stereocenters. The molecule has 0 saturated carbocycles. The number of anilines is 1. The molecule has 0 amide bonds. The Bertz CT molecular complexity index is 998. The van der Waals surface area contributed by atoms with Crippen molar-refractivity contribution in [1.29, 1.82) is 0 Å². The van der Waals surface area contributed by atoms with Crippen LogP contribution in [0.5, 0.6) is 0 Å². The Balaban J connectivity index is 1.64. The molecule has 25 heavy (non-hydrogen) atoms. The van der Waals surface area contributed by atoms with Crippen LogP contribution in [0, 0.1) is 19.8 Å². The summed E-state index contributed by atoms with van der Waals surface area (Å²) in [6.07, 6.45) is 5.96. The second-order valence-electron chi connectivity index (χ2n) is 7.63. The molecule has 1 N–H and O–H groups in total. The van der Waals surface area contributed by atoms with Gasteiger partial charge in [0.1, 0.15) is 0 Å². The van der Waals surface area contributed by atoms with Crippen LogP contribution in [-0.2, 0) is 0 Å². The molecule has 1 heteroatoms. The molecular weight excluding hydrogens is 302 g/mol. The summed E-state index contributed by atoms with van der Waals surface area (Å²) in [5, 5.41) is 6.54. The smallest absolute Gasteiger partial charge is 0.0554 e. The summed E-state index contributed by atoms with van der Waals surface area (Å²) in [5.41, 5.74) is 6.98. The third kappa shape index (κ3) is 2.30. The van der Waals surface area contributed by atoms with E-state index in [4.69, 9.17) is 0 Å². The van der Waals surface area contributed by atoms with Crippen molar-refractivity contribution in [3.8, 4) is 0 Å². The monoisotopic (exact) mass is 325 g/mol. The van der Waals surface area contributed by atoms with Gasteiger partial charge in [0.05, 0.1) is 6.04 Å². The molecule has 0 aromatic heterocycles. The summed E-state index contributed by atoms with van der Waals surface area (Å²) in [4.78, 5) is 0. The highest BCUT2D eigenvalue weighted by Gasteiger charge is 2.38. The Kier molecular flexibility index (Phi) is 3.24. The zero-order valence-electron chi connectivity index (χ0n) is 14.8. The number of allylic oxidation sites excluding steroid dienone is 2. The number of nitrogens with one attached hydrogen (secondary N) is 1. The lowest BCUT2D eigenvalue weighted by atomic mass is 9.75. The van der Waals surface area contributed by atoms with E-state index in [0.29, 0.717) is 17.9 Å². The number of aryl methyl sites for hydroxylation is 2. The van der Waals surface area contributed by atoms with Crippen molar-refractivity contribution in [1.82, 2.24) is 0 Å². The quantitative estimate of drug-likeness (QED) is 0.519. The molecule has 1 aliphatic carbocycles. The van der Waals surface area contributed by atoms with Crippen molar-refractivity contribution in [2.75, 3.05) is 5.32 Å². The predicted molar refractivity (Wildman–Crippen MR) is 106 cm³/mol. The minimum absolute atomic E-state index is 0.373. The normalized spacial score (nSPS) is 24.0. The van der Waals surface area contributed by atoms with Gasteiger partial charge in [0, 0.05) is 11.6 Å². The van der Waals surface area contributed by atoms with Gasteiger partial charge in [0.2, 0.25) is 0 Å². The minimum atomic E-state index is 0.373. The number of hydrogen-bond donors (Lipinski definition) is 1. The van der Waals surface area contributed by atoms with Crippen LogP contribution in [0.4, 0.5) is 5.69 Å². The number of hydrogen-bond acceptors (Lipinski definition) is 1. The summed E-state index contributed by atoms with van der Waals surface area (Å²) < 4.78 is 0. The van der Waals surface area contributed by atoms with Gasteiger partial charge in [-0.3, -0.25) is 0 Å². The highest BCUT2D eigenvalue weighted by molar-refractivity contribution is 5.83. The summed E-state index contributed by atoms with van der Waals surface area (Å²) in [6.45, 7) is 4.45. The third-order valence-electron chi connectivity index (χ3n) is 5.95. The zero-order chi connectivity index (χ0) is 17.0. The summed E-state index contributed by atoms with van der Waals surface area (Å²) in [6, 6.07) is 20.6. The first-order valence-corrected chi connectivity index (χ1v) is 9.24. The average molecular weight is 325 g/mol. The lowest BCUT2D eigenvalue weighted by Crippen LogP contribution is -2.29. The first kappa shape index (κ1) is 14.8. The zero-order valence-corrected chi connectivity index (χ0v) is 14.8. The first-order chi connectivity index (χ1) is 12.2. The second-order valence-corrected chi connectivity index (χ2v) is 7.63. The Morgan fingerprint density at radius 3 is 2.64 bits per heavy atom. The van der Waals surface area contributed by atoms with Crippen molar-refractivity contribution >= 4 is 16.5 Å². The molecule has 0 bridgehead atoms. The number of rotatable bonds is 1. The van der Waals surface area contributed by atoms with Crippen LogP contribution in [-0.4, -0.2) is 0 Å². The maximum absolute atomic E-state index is 3.89. The van der Waals surface area contributed by atoms with Gasteiger partial charge in [0.25, 0.3) is 0 Å². The molecular formula is C24H23N. The van der Waals surface area contributed by atoms with Gasteiger partial charge in [-0.25, -0.2) is 0 Å². The second kappa shape index (κ2) is 5.49. The molecule has 1 aliphatic heterocycles. The van der Waals surface area contributed by atoms with Gasteiger partial charge < -0.3 is 5.32 Å². The molecule has 1 heterocycles. The van der Waals surface area contributed by atoms with Gasteiger partial charge in [-0.15, -0.1) is 0 Å².